The molecule has 0 saturated heterocycles. The predicted octanol–water partition coefficient (Wildman–Crippen LogP) is 2.89. The van der Waals surface area contributed by atoms with Crippen LogP contribution in [0.15, 0.2) is 22.9 Å². The summed E-state index contributed by atoms with van der Waals surface area (Å²) >= 11 is 8.72. The van der Waals surface area contributed by atoms with E-state index in [9.17, 15) is 4.39 Å². The number of pyridine rings is 1. The fraction of sp³-hybridized carbons (Fsp3) is 0. The van der Waals surface area contributed by atoms with Crippen LogP contribution in [0.1, 0.15) is 0 Å². The molecule has 0 unspecified atom stereocenters. The molecule has 5 heteroatoms. The Hall–Kier alpha value is -0.610. The van der Waals surface area contributed by atoms with Crippen molar-refractivity contribution >= 4 is 33.0 Å². The van der Waals surface area contributed by atoms with Crippen LogP contribution in [0.3, 0.4) is 0 Å². The maximum Gasteiger partial charge on any atom is 0.145 e. The second-order valence-corrected chi connectivity index (χ2v) is 3.53. The molecule has 0 aliphatic heterocycles. The van der Waals surface area contributed by atoms with Gasteiger partial charge in [-0.1, -0.05) is 11.6 Å². The van der Waals surface area contributed by atoms with Gasteiger partial charge in [-0.3, -0.25) is 0 Å². The number of fused-ring (bicyclic) bond motifs is 1. The molecule has 2 nitrogen and oxygen atoms in total. The van der Waals surface area contributed by atoms with Crippen LogP contribution < -0.4 is 0 Å². The average molecular weight is 249 g/mol. The van der Waals surface area contributed by atoms with Crippen molar-refractivity contribution in [2.45, 2.75) is 0 Å². The fourth-order valence-electron chi connectivity index (χ4n) is 0.957. The van der Waals surface area contributed by atoms with E-state index in [0.29, 0.717) is 10.1 Å². The highest BCUT2D eigenvalue weighted by atomic mass is 79.9. The maximum absolute atomic E-state index is 12.9. The van der Waals surface area contributed by atoms with Crippen LogP contribution in [0.5, 0.6) is 0 Å². The van der Waals surface area contributed by atoms with Gasteiger partial charge in [-0.25, -0.2) is 8.91 Å². The number of hydrogen-bond acceptors (Lipinski definition) is 1. The number of nitrogens with zero attached hydrogens (tertiary/aromatic N) is 2. The molecule has 12 heavy (non-hydrogen) atoms. The summed E-state index contributed by atoms with van der Waals surface area (Å²) in [6.07, 6.45) is 1.43. The van der Waals surface area contributed by atoms with Crippen LogP contribution >= 0.6 is 27.5 Å². The van der Waals surface area contributed by atoms with Crippen LogP contribution in [0, 0.1) is 5.82 Å². The zero-order valence-corrected chi connectivity index (χ0v) is 8.10. The quantitative estimate of drug-likeness (QED) is 0.702. The Bertz CT molecular complexity index is 401. The molecular formula is C7H3BrClFN2. The minimum Gasteiger partial charge on any atom is -0.238 e. The van der Waals surface area contributed by atoms with Gasteiger partial charge in [0.15, 0.2) is 0 Å². The SMILES string of the molecule is Fc1cc2cc(Br)nn2cc1Cl. The van der Waals surface area contributed by atoms with Crippen molar-refractivity contribution in [2.75, 3.05) is 0 Å². The van der Waals surface area contributed by atoms with Crippen molar-refractivity contribution in [3.8, 4) is 0 Å². The molecule has 0 aliphatic rings. The molecule has 0 amide bonds. The summed E-state index contributed by atoms with van der Waals surface area (Å²) in [5.74, 6) is -0.434. The molecule has 0 bridgehead atoms. The second kappa shape index (κ2) is 2.71. The van der Waals surface area contributed by atoms with Crippen molar-refractivity contribution in [1.29, 1.82) is 0 Å². The van der Waals surface area contributed by atoms with Crippen LogP contribution in [0.2, 0.25) is 5.02 Å². The molecule has 0 aliphatic carbocycles. The highest BCUT2D eigenvalue weighted by molar-refractivity contribution is 9.10. The summed E-state index contributed by atoms with van der Waals surface area (Å²) in [4.78, 5) is 0. The molecule has 0 saturated carbocycles. The van der Waals surface area contributed by atoms with Gasteiger partial charge in [0.1, 0.15) is 10.4 Å². The van der Waals surface area contributed by atoms with Crippen molar-refractivity contribution in [3.63, 3.8) is 0 Å². The van der Waals surface area contributed by atoms with E-state index in [1.807, 2.05) is 0 Å². The first-order valence-corrected chi connectivity index (χ1v) is 4.34. The minimum absolute atomic E-state index is 0.0677. The third kappa shape index (κ3) is 1.21. The average Bonchev–Trinajstić information content (AvgIpc) is 2.30. The van der Waals surface area contributed by atoms with Gasteiger partial charge in [0.25, 0.3) is 0 Å². The smallest absolute Gasteiger partial charge is 0.145 e. The molecule has 0 atom stereocenters. The number of aromatic nitrogens is 2. The van der Waals surface area contributed by atoms with E-state index < -0.39 is 5.82 Å². The van der Waals surface area contributed by atoms with Crippen molar-refractivity contribution < 1.29 is 4.39 Å². The third-order valence-corrected chi connectivity index (χ3v) is 2.14. The van der Waals surface area contributed by atoms with E-state index in [0.717, 1.165) is 0 Å². The van der Waals surface area contributed by atoms with Gasteiger partial charge in [-0.05, 0) is 22.0 Å². The Morgan fingerprint density at radius 2 is 2.25 bits per heavy atom. The zero-order chi connectivity index (χ0) is 8.72. The van der Waals surface area contributed by atoms with Gasteiger partial charge in [0, 0.05) is 6.07 Å². The molecule has 0 spiro atoms. The van der Waals surface area contributed by atoms with E-state index in [4.69, 9.17) is 11.6 Å². The number of rotatable bonds is 0. The van der Waals surface area contributed by atoms with E-state index >= 15 is 0 Å². The van der Waals surface area contributed by atoms with Gasteiger partial charge in [0.2, 0.25) is 0 Å². The summed E-state index contributed by atoms with van der Waals surface area (Å²) in [6, 6.07) is 3.04. The summed E-state index contributed by atoms with van der Waals surface area (Å²) in [5, 5.41) is 4.07. The summed E-state index contributed by atoms with van der Waals surface area (Å²) in [5.41, 5.74) is 0.670. The molecule has 0 radical (unpaired) electrons. The third-order valence-electron chi connectivity index (χ3n) is 1.47. The monoisotopic (exact) mass is 248 g/mol. The van der Waals surface area contributed by atoms with Crippen molar-refractivity contribution in [2.24, 2.45) is 0 Å². The lowest BCUT2D eigenvalue weighted by Crippen LogP contribution is -1.88. The summed E-state index contributed by atoms with van der Waals surface area (Å²) in [6.45, 7) is 0. The molecule has 0 fully saturated rings. The molecule has 2 heterocycles. The maximum atomic E-state index is 12.9. The van der Waals surface area contributed by atoms with Crippen molar-refractivity contribution in [3.05, 3.63) is 33.8 Å². The normalized spacial score (nSPS) is 10.9. The highest BCUT2D eigenvalue weighted by Gasteiger charge is 2.03. The first-order valence-electron chi connectivity index (χ1n) is 3.17. The van der Waals surface area contributed by atoms with Crippen LogP contribution in [-0.2, 0) is 0 Å². The summed E-state index contributed by atoms with van der Waals surface area (Å²) < 4.78 is 15.0. The fourth-order valence-corrected chi connectivity index (χ4v) is 1.51. The first kappa shape index (κ1) is 8.01. The number of halogens is 3. The topological polar surface area (TPSA) is 17.3 Å². The second-order valence-electron chi connectivity index (χ2n) is 2.31. The first-order chi connectivity index (χ1) is 5.66. The molecule has 62 valence electrons. The zero-order valence-electron chi connectivity index (χ0n) is 5.76. The van der Waals surface area contributed by atoms with Crippen LogP contribution in [0.25, 0.3) is 5.52 Å². The lowest BCUT2D eigenvalue weighted by molar-refractivity contribution is 0.626. The Labute approximate surface area is 81.1 Å². The Kier molecular flexibility index (Phi) is 1.81. The van der Waals surface area contributed by atoms with E-state index in [1.165, 1.54) is 16.8 Å². The standard InChI is InChI=1S/C7H3BrClFN2/c8-7-2-4-1-6(10)5(9)3-12(4)11-7/h1-3H. The summed E-state index contributed by atoms with van der Waals surface area (Å²) in [7, 11) is 0. The van der Waals surface area contributed by atoms with Gasteiger partial charge in [-0.2, -0.15) is 5.10 Å². The van der Waals surface area contributed by atoms with Gasteiger partial charge >= 0.3 is 0 Å². The lowest BCUT2D eigenvalue weighted by Gasteiger charge is -1.94. The predicted molar refractivity (Wildman–Crippen MR) is 47.9 cm³/mol. The van der Waals surface area contributed by atoms with Crippen molar-refractivity contribution in [1.82, 2.24) is 9.61 Å². The molecule has 2 rings (SSSR count). The largest absolute Gasteiger partial charge is 0.238 e. The molecule has 2 aromatic heterocycles. The van der Waals surface area contributed by atoms with Gasteiger partial charge in [0.05, 0.1) is 16.7 Å². The Morgan fingerprint density at radius 1 is 1.50 bits per heavy atom. The van der Waals surface area contributed by atoms with Crippen LogP contribution in [0.4, 0.5) is 4.39 Å². The van der Waals surface area contributed by atoms with Gasteiger partial charge in [-0.15, -0.1) is 0 Å². The van der Waals surface area contributed by atoms with E-state index in [-0.39, 0.29) is 5.02 Å². The lowest BCUT2D eigenvalue weighted by atomic mass is 10.4. The number of hydrogen-bond donors (Lipinski definition) is 0. The molecular weight excluding hydrogens is 246 g/mol. The van der Waals surface area contributed by atoms with Crippen LogP contribution in [-0.4, -0.2) is 9.61 Å². The van der Waals surface area contributed by atoms with Gasteiger partial charge < -0.3 is 0 Å². The Morgan fingerprint density at radius 3 is 3.00 bits per heavy atom. The molecule has 0 aromatic carbocycles. The molecule has 2 aromatic rings. The minimum atomic E-state index is -0.434. The Balaban J connectivity index is 2.83. The van der Waals surface area contributed by atoms with E-state index in [2.05, 4.69) is 21.0 Å². The highest BCUT2D eigenvalue weighted by Crippen LogP contribution is 2.18. The molecule has 0 N–H and O–H groups in total. The van der Waals surface area contributed by atoms with E-state index in [1.54, 1.807) is 6.07 Å².